The van der Waals surface area contributed by atoms with Crippen molar-refractivity contribution >= 4 is 30.7 Å². The Kier molecular flexibility index (Phi) is 7.11. The Morgan fingerprint density at radius 1 is 1.53 bits per heavy atom. The molecule has 4 nitrogen and oxygen atoms in total. The molecule has 1 unspecified atom stereocenters. The summed E-state index contributed by atoms with van der Waals surface area (Å²) in [7, 11) is 0. The third-order valence-corrected chi connectivity index (χ3v) is 2.67. The Hall–Kier alpha value is -0.840. The first-order valence-corrected chi connectivity index (χ1v) is 5.21. The van der Waals surface area contributed by atoms with E-state index in [0.717, 1.165) is 19.6 Å². The first-order chi connectivity index (χ1) is 7.29. The molecule has 1 aliphatic rings. The Balaban J connectivity index is 0.00000128. The zero-order chi connectivity index (χ0) is 10.7. The molecule has 1 amide bonds. The smallest absolute Gasteiger partial charge is 0.255 e. The van der Waals surface area contributed by atoms with E-state index in [2.05, 4.69) is 17.2 Å². The van der Waals surface area contributed by atoms with Gasteiger partial charge in [-0.1, -0.05) is 0 Å². The third-order valence-electron chi connectivity index (χ3n) is 2.67. The second-order valence-corrected chi connectivity index (χ2v) is 3.79. The van der Waals surface area contributed by atoms with Gasteiger partial charge in [-0.2, -0.15) is 0 Å². The van der Waals surface area contributed by atoms with Crippen molar-refractivity contribution < 1.29 is 4.79 Å². The fraction of sp³-hybridized carbons (Fsp3) is 0.455. The first-order valence-electron chi connectivity index (χ1n) is 5.21. The summed E-state index contributed by atoms with van der Waals surface area (Å²) in [6.45, 7) is 4.57. The normalized spacial score (nSPS) is 18.9. The van der Waals surface area contributed by atoms with Crippen LogP contribution >= 0.6 is 24.8 Å². The van der Waals surface area contributed by atoms with Gasteiger partial charge >= 0.3 is 0 Å². The van der Waals surface area contributed by atoms with Crippen molar-refractivity contribution in [3.8, 4) is 0 Å². The number of piperazine rings is 1. The molecule has 0 spiro atoms. The van der Waals surface area contributed by atoms with Crippen molar-refractivity contribution in [2.75, 3.05) is 19.6 Å². The lowest BCUT2D eigenvalue weighted by atomic mass is 10.1. The third kappa shape index (κ3) is 3.84. The number of aromatic nitrogens is 1. The Labute approximate surface area is 114 Å². The highest BCUT2D eigenvalue weighted by atomic mass is 35.5. The predicted octanol–water partition coefficient (Wildman–Crippen LogP) is 1.36. The Morgan fingerprint density at radius 2 is 2.29 bits per heavy atom. The van der Waals surface area contributed by atoms with Crippen molar-refractivity contribution in [3.05, 3.63) is 30.1 Å². The van der Waals surface area contributed by atoms with Crippen LogP contribution in [0.1, 0.15) is 17.3 Å². The van der Waals surface area contributed by atoms with Gasteiger partial charge in [0.1, 0.15) is 0 Å². The maximum Gasteiger partial charge on any atom is 0.255 e. The van der Waals surface area contributed by atoms with Gasteiger partial charge in [-0.05, 0) is 19.1 Å². The van der Waals surface area contributed by atoms with Crippen LogP contribution in [0.4, 0.5) is 0 Å². The number of pyridine rings is 1. The Morgan fingerprint density at radius 3 is 2.88 bits per heavy atom. The van der Waals surface area contributed by atoms with Gasteiger partial charge in [-0.3, -0.25) is 9.78 Å². The fourth-order valence-corrected chi connectivity index (χ4v) is 1.80. The van der Waals surface area contributed by atoms with E-state index in [-0.39, 0.29) is 36.8 Å². The lowest BCUT2D eigenvalue weighted by Gasteiger charge is -2.33. The number of rotatable bonds is 1. The van der Waals surface area contributed by atoms with E-state index in [9.17, 15) is 4.79 Å². The summed E-state index contributed by atoms with van der Waals surface area (Å²) in [6, 6.07) is 3.86. The number of nitrogens with zero attached hydrogens (tertiary/aromatic N) is 2. The van der Waals surface area contributed by atoms with Crippen LogP contribution in [0.25, 0.3) is 0 Å². The molecule has 2 rings (SSSR count). The van der Waals surface area contributed by atoms with Gasteiger partial charge in [0.25, 0.3) is 5.91 Å². The molecule has 1 fully saturated rings. The molecule has 1 aromatic heterocycles. The average Bonchev–Trinajstić information content (AvgIpc) is 2.30. The van der Waals surface area contributed by atoms with Gasteiger partial charge < -0.3 is 10.2 Å². The van der Waals surface area contributed by atoms with Crippen molar-refractivity contribution in [2.24, 2.45) is 0 Å². The molecule has 96 valence electrons. The van der Waals surface area contributed by atoms with Crippen molar-refractivity contribution in [1.82, 2.24) is 15.2 Å². The highest BCUT2D eigenvalue weighted by Crippen LogP contribution is 2.08. The molecule has 2 heterocycles. The summed E-state index contributed by atoms with van der Waals surface area (Å²) < 4.78 is 0. The van der Waals surface area contributed by atoms with Crippen LogP contribution < -0.4 is 5.32 Å². The molecule has 1 atom stereocenters. The minimum absolute atomic E-state index is 0. The topological polar surface area (TPSA) is 45.2 Å². The summed E-state index contributed by atoms with van der Waals surface area (Å²) >= 11 is 0. The monoisotopic (exact) mass is 277 g/mol. The van der Waals surface area contributed by atoms with Gasteiger partial charge in [-0.25, -0.2) is 0 Å². The van der Waals surface area contributed by atoms with E-state index in [4.69, 9.17) is 0 Å². The quantitative estimate of drug-likeness (QED) is 0.843. The molecule has 0 aromatic carbocycles. The van der Waals surface area contributed by atoms with Crippen LogP contribution in [0.5, 0.6) is 0 Å². The molecule has 17 heavy (non-hydrogen) atoms. The van der Waals surface area contributed by atoms with Crippen LogP contribution in [0, 0.1) is 0 Å². The second kappa shape index (κ2) is 7.48. The summed E-state index contributed by atoms with van der Waals surface area (Å²) in [4.78, 5) is 17.9. The number of nitrogens with one attached hydrogen (secondary N) is 1. The highest BCUT2D eigenvalue weighted by molar-refractivity contribution is 5.94. The number of amides is 1. The lowest BCUT2D eigenvalue weighted by Crippen LogP contribution is -2.52. The molecule has 1 saturated heterocycles. The standard InChI is InChI=1S/C11H15N3O.2ClH/c1-9-7-13-5-6-14(9)11(15)10-3-2-4-12-8-10;;/h2-4,8-9,13H,5-7H2,1H3;2*1H. The number of carbonyl (C=O) groups is 1. The molecular formula is C11H17Cl2N3O. The van der Waals surface area contributed by atoms with E-state index in [1.165, 1.54) is 0 Å². The van der Waals surface area contributed by atoms with Crippen molar-refractivity contribution in [2.45, 2.75) is 13.0 Å². The van der Waals surface area contributed by atoms with E-state index in [0.29, 0.717) is 5.56 Å². The van der Waals surface area contributed by atoms with Crippen molar-refractivity contribution in [1.29, 1.82) is 0 Å². The second-order valence-electron chi connectivity index (χ2n) is 3.79. The van der Waals surface area contributed by atoms with Gasteiger partial charge in [0.15, 0.2) is 0 Å². The van der Waals surface area contributed by atoms with Crippen LogP contribution in [-0.4, -0.2) is 41.5 Å². The number of hydrogen-bond acceptors (Lipinski definition) is 3. The first kappa shape index (κ1) is 16.2. The van der Waals surface area contributed by atoms with Crippen molar-refractivity contribution in [3.63, 3.8) is 0 Å². The van der Waals surface area contributed by atoms with Crippen LogP contribution in [-0.2, 0) is 0 Å². The largest absolute Gasteiger partial charge is 0.333 e. The lowest BCUT2D eigenvalue weighted by molar-refractivity contribution is 0.0655. The summed E-state index contributed by atoms with van der Waals surface area (Å²) in [6.07, 6.45) is 3.30. The summed E-state index contributed by atoms with van der Waals surface area (Å²) in [5, 5.41) is 3.26. The van der Waals surface area contributed by atoms with E-state index >= 15 is 0 Å². The molecule has 1 aliphatic heterocycles. The molecule has 0 saturated carbocycles. The molecule has 1 N–H and O–H groups in total. The minimum Gasteiger partial charge on any atom is -0.333 e. The zero-order valence-corrected chi connectivity index (χ0v) is 11.3. The van der Waals surface area contributed by atoms with Gasteiger partial charge in [0.2, 0.25) is 0 Å². The molecule has 0 aliphatic carbocycles. The Bertz CT molecular complexity index is 348. The van der Waals surface area contributed by atoms with Crippen LogP contribution in [0.15, 0.2) is 24.5 Å². The highest BCUT2D eigenvalue weighted by Gasteiger charge is 2.23. The SMILES string of the molecule is CC1CNCCN1C(=O)c1cccnc1.Cl.Cl. The molecule has 0 radical (unpaired) electrons. The van der Waals surface area contributed by atoms with Gasteiger partial charge in [-0.15, -0.1) is 24.8 Å². The number of hydrogen-bond donors (Lipinski definition) is 1. The van der Waals surface area contributed by atoms with Gasteiger partial charge in [0, 0.05) is 38.1 Å². The maximum atomic E-state index is 12.1. The average molecular weight is 278 g/mol. The predicted molar refractivity (Wildman–Crippen MR) is 72.1 cm³/mol. The molecule has 6 heteroatoms. The van der Waals surface area contributed by atoms with E-state index < -0.39 is 0 Å². The van der Waals surface area contributed by atoms with Gasteiger partial charge in [0.05, 0.1) is 5.56 Å². The zero-order valence-electron chi connectivity index (χ0n) is 9.63. The number of halogens is 2. The van der Waals surface area contributed by atoms with Crippen LogP contribution in [0.2, 0.25) is 0 Å². The number of carbonyl (C=O) groups excluding carboxylic acids is 1. The molecule has 0 bridgehead atoms. The molecular weight excluding hydrogens is 261 g/mol. The van der Waals surface area contributed by atoms with E-state index in [1.54, 1.807) is 18.5 Å². The fourth-order valence-electron chi connectivity index (χ4n) is 1.80. The summed E-state index contributed by atoms with van der Waals surface area (Å²) in [5.74, 6) is 0.0806. The maximum absolute atomic E-state index is 12.1. The van der Waals surface area contributed by atoms with Crippen LogP contribution in [0.3, 0.4) is 0 Å². The summed E-state index contributed by atoms with van der Waals surface area (Å²) in [5.41, 5.74) is 0.672. The van der Waals surface area contributed by atoms with E-state index in [1.807, 2.05) is 11.0 Å². The minimum atomic E-state index is 0. The molecule has 1 aromatic rings.